The van der Waals surface area contributed by atoms with Crippen LogP contribution in [0.1, 0.15) is 35.4 Å². The molecule has 1 fully saturated rings. The number of ether oxygens (including phenoxy) is 1. The van der Waals surface area contributed by atoms with Crippen molar-refractivity contribution < 1.29 is 9.53 Å². The summed E-state index contributed by atoms with van der Waals surface area (Å²) in [5, 5.41) is 0. The van der Waals surface area contributed by atoms with Crippen LogP contribution in [0.15, 0.2) is 48.5 Å². The second kappa shape index (κ2) is 7.18. The van der Waals surface area contributed by atoms with Crippen LogP contribution in [0.5, 0.6) is 5.75 Å². The van der Waals surface area contributed by atoms with Gasteiger partial charge in [0.1, 0.15) is 11.5 Å². The molecule has 0 N–H and O–H groups in total. The van der Waals surface area contributed by atoms with Crippen molar-refractivity contribution in [2.24, 2.45) is 0 Å². The van der Waals surface area contributed by atoms with E-state index in [-0.39, 0.29) is 11.8 Å². The number of likely N-dealkylation sites (N-methyl/N-ethyl adjacent to an activating group) is 1. The van der Waals surface area contributed by atoms with Gasteiger partial charge in [-0.05, 0) is 36.7 Å². The molecule has 0 radical (unpaired) electrons. The fourth-order valence-electron chi connectivity index (χ4n) is 3.56. The van der Waals surface area contributed by atoms with Gasteiger partial charge in [-0.15, -0.1) is 0 Å². The third kappa shape index (κ3) is 3.36. The molecule has 1 aliphatic rings. The summed E-state index contributed by atoms with van der Waals surface area (Å²) in [7, 11) is 1.66. The molecule has 0 saturated carbocycles. The number of hydrogen-bond acceptors (Lipinski definition) is 3. The van der Waals surface area contributed by atoms with Gasteiger partial charge in [-0.1, -0.05) is 48.9 Å². The number of aryl methyl sites for hydroxylation is 1. The topological polar surface area (TPSA) is 29.5 Å². The van der Waals surface area contributed by atoms with E-state index in [0.717, 1.165) is 36.5 Å². The molecule has 1 saturated heterocycles. The fourth-order valence-corrected chi connectivity index (χ4v) is 3.56. The van der Waals surface area contributed by atoms with E-state index < -0.39 is 0 Å². The summed E-state index contributed by atoms with van der Waals surface area (Å²) in [6.45, 7) is 6.78. The molecule has 24 heavy (non-hydrogen) atoms. The third-order valence-electron chi connectivity index (χ3n) is 4.96. The van der Waals surface area contributed by atoms with Crippen molar-refractivity contribution in [1.82, 2.24) is 4.90 Å². The first kappa shape index (κ1) is 16.7. The highest BCUT2D eigenvalue weighted by Crippen LogP contribution is 2.34. The van der Waals surface area contributed by atoms with Crippen LogP contribution in [0, 0.1) is 6.92 Å². The minimum Gasteiger partial charge on any atom is -0.497 e. The summed E-state index contributed by atoms with van der Waals surface area (Å²) in [5.41, 5.74) is 3.38. The van der Waals surface area contributed by atoms with Crippen molar-refractivity contribution in [3.63, 3.8) is 0 Å². The predicted octanol–water partition coefficient (Wildman–Crippen LogP) is 3.78. The standard InChI is InChI=1S/C21H25NO2/c1-4-22-13-19(16-8-5-7-15(2)11-16)21(23)20(14-22)17-9-6-10-18(12-17)24-3/h5-12,19-20H,4,13-14H2,1-3H3. The molecular weight excluding hydrogens is 298 g/mol. The molecule has 3 rings (SSSR count). The van der Waals surface area contributed by atoms with Gasteiger partial charge in [0.25, 0.3) is 0 Å². The first-order valence-electron chi connectivity index (χ1n) is 8.59. The summed E-state index contributed by atoms with van der Waals surface area (Å²) in [4.78, 5) is 15.6. The van der Waals surface area contributed by atoms with E-state index in [1.165, 1.54) is 5.56 Å². The first-order valence-corrected chi connectivity index (χ1v) is 8.59. The van der Waals surface area contributed by atoms with Gasteiger partial charge < -0.3 is 9.64 Å². The van der Waals surface area contributed by atoms with Crippen LogP contribution >= 0.6 is 0 Å². The highest BCUT2D eigenvalue weighted by molar-refractivity contribution is 5.93. The van der Waals surface area contributed by atoms with Crippen LogP contribution in [0.2, 0.25) is 0 Å². The lowest BCUT2D eigenvalue weighted by Gasteiger charge is -2.36. The van der Waals surface area contributed by atoms with Crippen LogP contribution in [0.4, 0.5) is 0 Å². The van der Waals surface area contributed by atoms with Gasteiger partial charge >= 0.3 is 0 Å². The van der Waals surface area contributed by atoms with E-state index in [0.29, 0.717) is 5.78 Å². The SMILES string of the molecule is CCN1CC(c2cccc(C)c2)C(=O)C(c2cccc(OC)c2)C1. The normalized spacial score (nSPS) is 21.7. The van der Waals surface area contributed by atoms with Crippen LogP contribution in [0.25, 0.3) is 0 Å². The summed E-state index contributed by atoms with van der Waals surface area (Å²) in [6, 6.07) is 16.3. The van der Waals surface area contributed by atoms with Crippen molar-refractivity contribution in [3.8, 4) is 5.75 Å². The number of ketones is 1. The Kier molecular flexibility index (Phi) is 5.00. The summed E-state index contributed by atoms with van der Waals surface area (Å²) in [6.07, 6.45) is 0. The Labute approximate surface area is 144 Å². The maximum atomic E-state index is 13.2. The number of piperidine rings is 1. The lowest BCUT2D eigenvalue weighted by molar-refractivity contribution is -0.125. The molecule has 2 aromatic rings. The molecule has 3 heteroatoms. The van der Waals surface area contributed by atoms with E-state index in [2.05, 4.69) is 36.9 Å². The molecule has 0 aliphatic carbocycles. The predicted molar refractivity (Wildman–Crippen MR) is 96.8 cm³/mol. The van der Waals surface area contributed by atoms with E-state index in [9.17, 15) is 4.79 Å². The summed E-state index contributed by atoms with van der Waals surface area (Å²) in [5.74, 6) is 0.966. The first-order chi connectivity index (χ1) is 11.6. The Balaban J connectivity index is 1.95. The molecule has 3 nitrogen and oxygen atoms in total. The van der Waals surface area contributed by atoms with E-state index in [1.807, 2.05) is 30.3 Å². The maximum Gasteiger partial charge on any atom is 0.150 e. The fraction of sp³-hybridized carbons (Fsp3) is 0.381. The Hall–Kier alpha value is -2.13. The van der Waals surface area contributed by atoms with Crippen LogP contribution in [-0.4, -0.2) is 37.4 Å². The van der Waals surface area contributed by atoms with E-state index in [4.69, 9.17) is 4.74 Å². The minimum absolute atomic E-state index is 0.0604. The average Bonchev–Trinajstić information content (AvgIpc) is 2.62. The van der Waals surface area contributed by atoms with Gasteiger partial charge in [0.2, 0.25) is 0 Å². The quantitative estimate of drug-likeness (QED) is 0.858. The largest absolute Gasteiger partial charge is 0.497 e. The van der Waals surface area contributed by atoms with Gasteiger partial charge in [-0.25, -0.2) is 0 Å². The van der Waals surface area contributed by atoms with E-state index >= 15 is 0 Å². The number of carbonyl (C=O) groups is 1. The van der Waals surface area contributed by atoms with Gasteiger partial charge in [-0.3, -0.25) is 4.79 Å². The molecule has 2 aromatic carbocycles. The van der Waals surface area contributed by atoms with Crippen LogP contribution < -0.4 is 4.74 Å². The highest BCUT2D eigenvalue weighted by Gasteiger charge is 2.36. The molecule has 126 valence electrons. The maximum absolute atomic E-state index is 13.2. The molecule has 2 atom stereocenters. The molecule has 0 spiro atoms. The zero-order valence-corrected chi connectivity index (χ0v) is 14.7. The Morgan fingerprint density at radius 2 is 1.67 bits per heavy atom. The molecule has 0 bridgehead atoms. The van der Waals surface area contributed by atoms with Crippen LogP contribution in [-0.2, 0) is 4.79 Å². The molecule has 1 aliphatic heterocycles. The Morgan fingerprint density at radius 3 is 2.25 bits per heavy atom. The highest BCUT2D eigenvalue weighted by atomic mass is 16.5. The zero-order chi connectivity index (χ0) is 17.1. The van der Waals surface area contributed by atoms with E-state index in [1.54, 1.807) is 7.11 Å². The number of methoxy groups -OCH3 is 1. The van der Waals surface area contributed by atoms with Gasteiger partial charge in [0.15, 0.2) is 0 Å². The molecule has 0 amide bonds. The van der Waals surface area contributed by atoms with Crippen molar-refractivity contribution in [2.45, 2.75) is 25.7 Å². The smallest absolute Gasteiger partial charge is 0.150 e. The summed E-state index contributed by atoms with van der Waals surface area (Å²) < 4.78 is 5.34. The monoisotopic (exact) mass is 323 g/mol. The lowest BCUT2D eigenvalue weighted by Crippen LogP contribution is -2.44. The lowest BCUT2D eigenvalue weighted by atomic mass is 9.79. The second-order valence-electron chi connectivity index (χ2n) is 6.55. The number of benzene rings is 2. The molecule has 1 heterocycles. The minimum atomic E-state index is -0.0979. The third-order valence-corrected chi connectivity index (χ3v) is 4.96. The number of rotatable bonds is 4. The van der Waals surface area contributed by atoms with Gasteiger partial charge in [-0.2, -0.15) is 0 Å². The number of likely N-dealkylation sites (tertiary alicyclic amines) is 1. The van der Waals surface area contributed by atoms with Gasteiger partial charge in [0.05, 0.1) is 18.9 Å². The zero-order valence-electron chi connectivity index (χ0n) is 14.7. The van der Waals surface area contributed by atoms with Crippen molar-refractivity contribution >= 4 is 5.78 Å². The van der Waals surface area contributed by atoms with Crippen LogP contribution in [0.3, 0.4) is 0 Å². The van der Waals surface area contributed by atoms with Gasteiger partial charge in [0, 0.05) is 13.1 Å². The molecular formula is C21H25NO2. The number of hydrogen-bond donors (Lipinski definition) is 0. The van der Waals surface area contributed by atoms with Crippen molar-refractivity contribution in [2.75, 3.05) is 26.7 Å². The van der Waals surface area contributed by atoms with Crippen molar-refractivity contribution in [3.05, 3.63) is 65.2 Å². The average molecular weight is 323 g/mol. The Morgan fingerprint density at radius 1 is 1.04 bits per heavy atom. The second-order valence-corrected chi connectivity index (χ2v) is 6.55. The molecule has 2 unspecified atom stereocenters. The number of carbonyl (C=O) groups excluding carboxylic acids is 1. The Bertz CT molecular complexity index is 725. The van der Waals surface area contributed by atoms with Crippen molar-refractivity contribution in [1.29, 1.82) is 0 Å². The number of nitrogens with zero attached hydrogens (tertiary/aromatic N) is 1. The molecule has 0 aromatic heterocycles. The number of Topliss-reactive ketones (excluding diaryl/α,β-unsaturated/α-hetero) is 1. The summed E-state index contributed by atoms with van der Waals surface area (Å²) >= 11 is 0.